The van der Waals surface area contributed by atoms with Crippen LogP contribution in [-0.2, 0) is 20.7 Å². The van der Waals surface area contributed by atoms with Crippen molar-refractivity contribution >= 4 is 11.9 Å². The number of carbonyl (C=O) groups excluding carboxylic acids is 2. The summed E-state index contributed by atoms with van der Waals surface area (Å²) in [6.45, 7) is 6.67. The summed E-state index contributed by atoms with van der Waals surface area (Å²) in [6, 6.07) is 9.68. The summed E-state index contributed by atoms with van der Waals surface area (Å²) in [5.41, 5.74) is 4.08. The Hall–Kier alpha value is -2.89. The van der Waals surface area contributed by atoms with Gasteiger partial charge >= 0.3 is 5.97 Å². The molecule has 28 heavy (non-hydrogen) atoms. The third-order valence-corrected chi connectivity index (χ3v) is 4.29. The number of ether oxygens (including phenoxy) is 2. The fraction of sp³-hybridized carbons (Fsp3) is 0.364. The Morgan fingerprint density at radius 2 is 1.79 bits per heavy atom. The molecule has 0 atom stereocenters. The molecular weight excluding hydrogens is 361 g/mol. The molecule has 0 aliphatic carbocycles. The van der Waals surface area contributed by atoms with Crippen LogP contribution in [0.5, 0.6) is 5.75 Å². The first kappa shape index (κ1) is 21.4. The van der Waals surface area contributed by atoms with Gasteiger partial charge in [-0.2, -0.15) is 0 Å². The molecule has 0 bridgehead atoms. The van der Waals surface area contributed by atoms with Crippen molar-refractivity contribution in [3.8, 4) is 5.75 Å². The highest BCUT2D eigenvalue weighted by molar-refractivity contribution is 5.81. The van der Waals surface area contributed by atoms with Crippen molar-refractivity contribution in [3.63, 3.8) is 0 Å². The number of amides is 1. The first-order chi connectivity index (χ1) is 13.3. The lowest BCUT2D eigenvalue weighted by Crippen LogP contribution is -2.30. The van der Waals surface area contributed by atoms with Gasteiger partial charge in [0.15, 0.2) is 6.61 Å². The SMILES string of the molecule is Cc1cc(C)c(C)c(OCCCNC(=O)COC(=O)Cc2ccc(F)cc2)c1. The van der Waals surface area contributed by atoms with E-state index in [4.69, 9.17) is 9.47 Å². The number of hydrogen-bond acceptors (Lipinski definition) is 4. The highest BCUT2D eigenvalue weighted by Gasteiger charge is 2.09. The molecule has 1 amide bonds. The van der Waals surface area contributed by atoms with E-state index in [0.29, 0.717) is 25.1 Å². The molecule has 0 aliphatic heterocycles. The minimum atomic E-state index is -0.532. The molecule has 0 unspecified atom stereocenters. The Balaban J connectivity index is 1.61. The summed E-state index contributed by atoms with van der Waals surface area (Å²) in [6.07, 6.45) is 0.637. The highest BCUT2D eigenvalue weighted by Crippen LogP contribution is 2.23. The van der Waals surface area contributed by atoms with Crippen molar-refractivity contribution in [2.45, 2.75) is 33.6 Å². The highest BCUT2D eigenvalue weighted by atomic mass is 19.1. The maximum atomic E-state index is 12.8. The second-order valence-electron chi connectivity index (χ2n) is 6.72. The lowest BCUT2D eigenvalue weighted by Gasteiger charge is -2.12. The number of hydrogen-bond donors (Lipinski definition) is 1. The number of nitrogens with one attached hydrogen (secondary N) is 1. The summed E-state index contributed by atoms with van der Waals surface area (Å²) < 4.78 is 23.5. The quantitative estimate of drug-likeness (QED) is 0.529. The van der Waals surface area contributed by atoms with E-state index in [1.165, 1.54) is 29.8 Å². The molecule has 0 heterocycles. The second-order valence-corrected chi connectivity index (χ2v) is 6.72. The van der Waals surface area contributed by atoms with Crippen LogP contribution in [0.25, 0.3) is 0 Å². The first-order valence-electron chi connectivity index (χ1n) is 9.22. The molecule has 0 aromatic heterocycles. The fourth-order valence-electron chi connectivity index (χ4n) is 2.65. The summed E-state index contributed by atoms with van der Waals surface area (Å²) in [5, 5.41) is 2.69. The van der Waals surface area contributed by atoms with Crippen molar-refractivity contribution < 1.29 is 23.5 Å². The molecule has 6 heteroatoms. The van der Waals surface area contributed by atoms with E-state index in [0.717, 1.165) is 16.9 Å². The van der Waals surface area contributed by atoms with Gasteiger partial charge in [0, 0.05) is 6.54 Å². The predicted molar refractivity (Wildman–Crippen MR) is 105 cm³/mol. The van der Waals surface area contributed by atoms with Crippen LogP contribution in [0.1, 0.15) is 28.7 Å². The smallest absolute Gasteiger partial charge is 0.310 e. The van der Waals surface area contributed by atoms with Crippen molar-refractivity contribution in [1.29, 1.82) is 0 Å². The second kappa shape index (κ2) is 10.4. The van der Waals surface area contributed by atoms with Crippen LogP contribution in [0.4, 0.5) is 4.39 Å². The number of aryl methyl sites for hydroxylation is 2. The van der Waals surface area contributed by atoms with E-state index in [9.17, 15) is 14.0 Å². The predicted octanol–water partition coefficient (Wildman–Crippen LogP) is 3.42. The Morgan fingerprint density at radius 1 is 1.07 bits per heavy atom. The van der Waals surface area contributed by atoms with E-state index < -0.39 is 5.97 Å². The van der Waals surface area contributed by atoms with E-state index >= 15 is 0 Å². The van der Waals surface area contributed by atoms with Gasteiger partial charge in [0.05, 0.1) is 13.0 Å². The molecule has 150 valence electrons. The topological polar surface area (TPSA) is 64.6 Å². The molecule has 0 radical (unpaired) electrons. The average Bonchev–Trinajstić information content (AvgIpc) is 2.65. The van der Waals surface area contributed by atoms with Crippen LogP contribution in [0.15, 0.2) is 36.4 Å². The largest absolute Gasteiger partial charge is 0.493 e. The molecule has 0 aliphatic rings. The molecule has 0 saturated carbocycles. The minimum Gasteiger partial charge on any atom is -0.493 e. The molecule has 0 spiro atoms. The first-order valence-corrected chi connectivity index (χ1v) is 9.22. The zero-order chi connectivity index (χ0) is 20.5. The Labute approximate surface area is 164 Å². The van der Waals surface area contributed by atoms with Crippen molar-refractivity contribution in [1.82, 2.24) is 5.32 Å². The van der Waals surface area contributed by atoms with Gasteiger partial charge in [-0.05, 0) is 67.6 Å². The van der Waals surface area contributed by atoms with Gasteiger partial charge < -0.3 is 14.8 Å². The van der Waals surface area contributed by atoms with Crippen LogP contribution in [0.3, 0.4) is 0 Å². The lowest BCUT2D eigenvalue weighted by molar-refractivity contribution is -0.147. The molecule has 2 aromatic rings. The van der Waals surface area contributed by atoms with E-state index in [1.807, 2.05) is 26.8 Å². The number of esters is 1. The number of rotatable bonds is 9. The molecule has 1 N–H and O–H groups in total. The standard InChI is InChI=1S/C22H26FNO4/c1-15-11-16(2)17(3)20(12-15)27-10-4-9-24-21(25)14-28-22(26)13-18-5-7-19(23)8-6-18/h5-8,11-12H,4,9-10,13-14H2,1-3H3,(H,24,25). The monoisotopic (exact) mass is 387 g/mol. The zero-order valence-corrected chi connectivity index (χ0v) is 16.5. The molecule has 2 aromatic carbocycles. The van der Waals surface area contributed by atoms with Gasteiger partial charge in [-0.1, -0.05) is 18.2 Å². The van der Waals surface area contributed by atoms with Crippen molar-refractivity contribution in [3.05, 3.63) is 64.5 Å². The van der Waals surface area contributed by atoms with Gasteiger partial charge in [0.2, 0.25) is 0 Å². The van der Waals surface area contributed by atoms with Crippen LogP contribution in [0, 0.1) is 26.6 Å². The van der Waals surface area contributed by atoms with Gasteiger partial charge in [-0.25, -0.2) is 4.39 Å². The molecule has 5 nitrogen and oxygen atoms in total. The van der Waals surface area contributed by atoms with E-state index in [1.54, 1.807) is 0 Å². The van der Waals surface area contributed by atoms with Crippen molar-refractivity contribution in [2.75, 3.05) is 19.8 Å². The Morgan fingerprint density at radius 3 is 2.50 bits per heavy atom. The summed E-state index contributed by atoms with van der Waals surface area (Å²) in [7, 11) is 0. The van der Waals surface area contributed by atoms with Crippen LogP contribution >= 0.6 is 0 Å². The third-order valence-electron chi connectivity index (χ3n) is 4.29. The van der Waals surface area contributed by atoms with E-state index in [-0.39, 0.29) is 24.8 Å². The lowest BCUT2D eigenvalue weighted by atomic mass is 10.1. The number of halogens is 1. The zero-order valence-electron chi connectivity index (χ0n) is 16.5. The van der Waals surface area contributed by atoms with Crippen LogP contribution < -0.4 is 10.1 Å². The Bertz CT molecular complexity index is 818. The summed E-state index contributed by atoms with van der Waals surface area (Å²) in [5.74, 6) is -0.405. The van der Waals surface area contributed by atoms with E-state index in [2.05, 4.69) is 11.4 Å². The van der Waals surface area contributed by atoms with Gasteiger partial charge in [-0.15, -0.1) is 0 Å². The molecule has 0 saturated heterocycles. The summed E-state index contributed by atoms with van der Waals surface area (Å²) in [4.78, 5) is 23.4. The number of carbonyl (C=O) groups is 2. The molecule has 0 fully saturated rings. The molecular formula is C22H26FNO4. The van der Waals surface area contributed by atoms with Crippen LogP contribution in [0.2, 0.25) is 0 Å². The number of benzene rings is 2. The molecule has 2 rings (SSSR count). The van der Waals surface area contributed by atoms with Crippen LogP contribution in [-0.4, -0.2) is 31.6 Å². The van der Waals surface area contributed by atoms with Gasteiger partial charge in [0.1, 0.15) is 11.6 Å². The van der Waals surface area contributed by atoms with Gasteiger partial charge in [-0.3, -0.25) is 9.59 Å². The fourth-order valence-corrected chi connectivity index (χ4v) is 2.65. The van der Waals surface area contributed by atoms with Crippen molar-refractivity contribution in [2.24, 2.45) is 0 Å². The minimum absolute atomic E-state index is 0.00331. The maximum Gasteiger partial charge on any atom is 0.310 e. The Kier molecular flexibility index (Phi) is 7.99. The third kappa shape index (κ3) is 7.02. The average molecular weight is 387 g/mol. The maximum absolute atomic E-state index is 12.8. The summed E-state index contributed by atoms with van der Waals surface area (Å²) >= 11 is 0. The van der Waals surface area contributed by atoms with Gasteiger partial charge in [0.25, 0.3) is 5.91 Å². The normalized spacial score (nSPS) is 10.4.